The maximum Gasteiger partial charge on any atom is 0.242 e. The minimum absolute atomic E-state index is 0.230. The molecule has 142 valence electrons. The van der Waals surface area contributed by atoms with E-state index >= 15 is 0 Å². The van der Waals surface area contributed by atoms with Crippen molar-refractivity contribution >= 4 is 11.2 Å². The molecule has 1 fully saturated rings. The molecule has 1 saturated heterocycles. The first-order valence-electron chi connectivity index (χ1n) is 8.92. The Hall–Kier alpha value is -2.58. The molecule has 1 aromatic carbocycles. The normalized spacial score (nSPS) is 15.0. The molecule has 3 aromatic rings. The van der Waals surface area contributed by atoms with Gasteiger partial charge in [0.1, 0.15) is 6.33 Å². The maximum absolute atomic E-state index is 12.9. The summed E-state index contributed by atoms with van der Waals surface area (Å²) in [5.41, 5.74) is 10.4. The van der Waals surface area contributed by atoms with Crippen molar-refractivity contribution in [2.24, 2.45) is 5.73 Å². The predicted molar refractivity (Wildman–Crippen MR) is 99.1 cm³/mol. The van der Waals surface area contributed by atoms with Gasteiger partial charge in [-0.3, -0.25) is 0 Å². The molecular weight excluding hydrogens is 352 g/mol. The van der Waals surface area contributed by atoms with Gasteiger partial charge in [0, 0.05) is 31.6 Å². The predicted octanol–water partition coefficient (Wildman–Crippen LogP) is 2.50. The van der Waals surface area contributed by atoms with Crippen molar-refractivity contribution in [1.82, 2.24) is 14.6 Å². The van der Waals surface area contributed by atoms with Crippen LogP contribution in [0.15, 0.2) is 36.8 Å². The van der Waals surface area contributed by atoms with Crippen molar-refractivity contribution in [3.05, 3.63) is 47.9 Å². The zero-order valence-corrected chi connectivity index (χ0v) is 14.8. The summed E-state index contributed by atoms with van der Waals surface area (Å²) in [5.74, 6) is 0. The Morgan fingerprint density at radius 3 is 2.70 bits per heavy atom. The summed E-state index contributed by atoms with van der Waals surface area (Å²) in [5, 5.41) is 4.30. The minimum atomic E-state index is -2.42. The number of fused-ring (bicyclic) bond motifs is 1. The number of rotatable bonds is 5. The van der Waals surface area contributed by atoms with E-state index in [1.54, 1.807) is 16.6 Å². The van der Waals surface area contributed by atoms with Gasteiger partial charge in [-0.25, -0.2) is 18.3 Å². The number of morpholine rings is 1. The second-order valence-corrected chi connectivity index (χ2v) is 6.52. The molecule has 2 aromatic heterocycles. The fraction of sp³-hybridized carbons (Fsp3) is 0.368. The zero-order valence-electron chi connectivity index (χ0n) is 14.8. The molecule has 1 aliphatic heterocycles. The Kier molecular flexibility index (Phi) is 5.00. The fourth-order valence-electron chi connectivity index (χ4n) is 3.46. The van der Waals surface area contributed by atoms with Crippen LogP contribution in [0.2, 0.25) is 0 Å². The standard InChI is InChI=1S/C19H21F2N5O/c20-18(21)8-15-7-13(1-2-14(15)10-22)19-17-9-16(11-26(17)24-12-23-19)25-3-5-27-6-4-25/h1-2,7,9,11-12,18H,3-6,8,10,22H2. The second-order valence-electron chi connectivity index (χ2n) is 6.52. The number of hydrogen-bond donors (Lipinski definition) is 1. The van der Waals surface area contributed by atoms with Crippen LogP contribution in [0.4, 0.5) is 14.5 Å². The van der Waals surface area contributed by atoms with Crippen LogP contribution in [0.1, 0.15) is 11.1 Å². The van der Waals surface area contributed by atoms with Gasteiger partial charge >= 0.3 is 0 Å². The van der Waals surface area contributed by atoms with Crippen LogP contribution in [-0.4, -0.2) is 47.3 Å². The van der Waals surface area contributed by atoms with Crippen LogP contribution < -0.4 is 10.6 Å². The maximum atomic E-state index is 12.9. The zero-order chi connectivity index (χ0) is 18.8. The van der Waals surface area contributed by atoms with Crippen LogP contribution in [-0.2, 0) is 17.7 Å². The lowest BCUT2D eigenvalue weighted by Gasteiger charge is -2.27. The third-order valence-electron chi connectivity index (χ3n) is 4.84. The molecule has 0 unspecified atom stereocenters. The van der Waals surface area contributed by atoms with Crippen molar-refractivity contribution in [3.8, 4) is 11.3 Å². The van der Waals surface area contributed by atoms with Gasteiger partial charge in [0.15, 0.2) is 0 Å². The van der Waals surface area contributed by atoms with Gasteiger partial charge < -0.3 is 15.4 Å². The number of nitrogens with zero attached hydrogens (tertiary/aromatic N) is 4. The summed E-state index contributed by atoms with van der Waals surface area (Å²) in [6, 6.07) is 7.47. The molecule has 8 heteroatoms. The van der Waals surface area contributed by atoms with E-state index in [1.807, 2.05) is 18.3 Å². The van der Waals surface area contributed by atoms with Crippen molar-refractivity contribution in [2.45, 2.75) is 19.4 Å². The van der Waals surface area contributed by atoms with E-state index in [2.05, 4.69) is 15.0 Å². The van der Waals surface area contributed by atoms with E-state index in [9.17, 15) is 8.78 Å². The first-order chi connectivity index (χ1) is 13.2. The van der Waals surface area contributed by atoms with Gasteiger partial charge in [-0.05, 0) is 23.3 Å². The Morgan fingerprint density at radius 1 is 1.15 bits per heavy atom. The molecule has 0 amide bonds. The average Bonchev–Trinajstić information content (AvgIpc) is 3.12. The highest BCUT2D eigenvalue weighted by Crippen LogP contribution is 2.29. The van der Waals surface area contributed by atoms with Gasteiger partial charge in [-0.1, -0.05) is 12.1 Å². The van der Waals surface area contributed by atoms with Crippen molar-refractivity contribution in [3.63, 3.8) is 0 Å². The van der Waals surface area contributed by atoms with E-state index < -0.39 is 6.43 Å². The largest absolute Gasteiger partial charge is 0.378 e. The van der Waals surface area contributed by atoms with Gasteiger partial charge in [0.05, 0.1) is 36.3 Å². The Balaban J connectivity index is 1.76. The quantitative estimate of drug-likeness (QED) is 0.744. The molecule has 27 heavy (non-hydrogen) atoms. The summed E-state index contributed by atoms with van der Waals surface area (Å²) in [6.45, 7) is 3.27. The van der Waals surface area contributed by atoms with Crippen molar-refractivity contribution in [1.29, 1.82) is 0 Å². The molecule has 0 atom stereocenters. The van der Waals surface area contributed by atoms with Crippen molar-refractivity contribution < 1.29 is 13.5 Å². The van der Waals surface area contributed by atoms with Crippen LogP contribution in [0.5, 0.6) is 0 Å². The summed E-state index contributed by atoms with van der Waals surface area (Å²) in [7, 11) is 0. The molecule has 1 aliphatic rings. The van der Waals surface area contributed by atoms with Crippen LogP contribution in [0.25, 0.3) is 16.8 Å². The van der Waals surface area contributed by atoms with Gasteiger partial charge in [0.2, 0.25) is 6.43 Å². The Labute approximate surface area is 155 Å². The number of benzene rings is 1. The van der Waals surface area contributed by atoms with Crippen molar-refractivity contribution in [2.75, 3.05) is 31.2 Å². The summed E-state index contributed by atoms with van der Waals surface area (Å²) in [4.78, 5) is 6.66. The molecule has 2 N–H and O–H groups in total. The highest BCUT2D eigenvalue weighted by molar-refractivity contribution is 5.80. The van der Waals surface area contributed by atoms with Crippen LogP contribution in [0, 0.1) is 0 Å². The van der Waals surface area contributed by atoms with Gasteiger partial charge in [0.25, 0.3) is 0 Å². The number of hydrogen-bond acceptors (Lipinski definition) is 5. The topological polar surface area (TPSA) is 68.7 Å². The molecule has 0 radical (unpaired) electrons. The average molecular weight is 373 g/mol. The van der Waals surface area contributed by atoms with Gasteiger partial charge in [-0.2, -0.15) is 5.10 Å². The number of aromatic nitrogens is 3. The lowest BCUT2D eigenvalue weighted by molar-refractivity contribution is 0.122. The summed E-state index contributed by atoms with van der Waals surface area (Å²) in [6.07, 6.45) is 0.703. The molecule has 0 spiro atoms. The second kappa shape index (κ2) is 7.58. The molecule has 0 bridgehead atoms. The molecule has 0 saturated carbocycles. The summed E-state index contributed by atoms with van der Waals surface area (Å²) >= 11 is 0. The van der Waals surface area contributed by atoms with Crippen LogP contribution in [0.3, 0.4) is 0 Å². The van der Waals surface area contributed by atoms with Gasteiger partial charge in [-0.15, -0.1) is 0 Å². The molecule has 0 aliphatic carbocycles. The first-order valence-corrected chi connectivity index (χ1v) is 8.92. The lowest BCUT2D eigenvalue weighted by Crippen LogP contribution is -2.35. The van der Waals surface area contributed by atoms with Crippen LogP contribution >= 0.6 is 0 Å². The Morgan fingerprint density at radius 2 is 1.96 bits per heavy atom. The summed E-state index contributed by atoms with van der Waals surface area (Å²) < 4.78 is 33.1. The third-order valence-corrected chi connectivity index (χ3v) is 4.84. The third kappa shape index (κ3) is 3.63. The van der Waals surface area contributed by atoms with E-state index in [-0.39, 0.29) is 13.0 Å². The number of nitrogens with two attached hydrogens (primary N) is 1. The lowest BCUT2D eigenvalue weighted by atomic mass is 9.99. The smallest absolute Gasteiger partial charge is 0.242 e. The number of anilines is 1. The SMILES string of the molecule is NCc1ccc(-c2ncnn3cc(N4CCOCC4)cc23)cc1CC(F)F. The fourth-order valence-corrected chi connectivity index (χ4v) is 3.46. The minimum Gasteiger partial charge on any atom is -0.378 e. The van der Waals surface area contributed by atoms with E-state index in [0.29, 0.717) is 24.5 Å². The van der Waals surface area contributed by atoms with E-state index in [4.69, 9.17) is 10.5 Å². The highest BCUT2D eigenvalue weighted by Gasteiger charge is 2.17. The number of halogens is 2. The molecular formula is C19H21F2N5O. The number of ether oxygens (including phenoxy) is 1. The Bertz CT molecular complexity index is 937. The monoisotopic (exact) mass is 373 g/mol. The number of alkyl halides is 2. The molecule has 3 heterocycles. The van der Waals surface area contributed by atoms with E-state index in [1.165, 1.54) is 6.33 Å². The molecule has 6 nitrogen and oxygen atoms in total. The first kappa shape index (κ1) is 17.8. The highest BCUT2D eigenvalue weighted by atomic mass is 19.3. The molecule has 4 rings (SSSR count). The van der Waals surface area contributed by atoms with E-state index in [0.717, 1.165) is 35.4 Å².